The van der Waals surface area contributed by atoms with Crippen LogP contribution in [0.15, 0.2) is 60.7 Å². The van der Waals surface area contributed by atoms with Crippen LogP contribution in [0.25, 0.3) is 0 Å². The summed E-state index contributed by atoms with van der Waals surface area (Å²) in [5.74, 6) is 0. The van der Waals surface area contributed by atoms with Gasteiger partial charge in [0.25, 0.3) is 0 Å². The minimum atomic E-state index is 0. The molecule has 2 unspecified atom stereocenters. The van der Waals surface area contributed by atoms with Crippen molar-refractivity contribution in [3.05, 3.63) is 79.7 Å². The van der Waals surface area contributed by atoms with Gasteiger partial charge in [0, 0.05) is 20.4 Å². The number of rotatable bonds is 1. The van der Waals surface area contributed by atoms with E-state index in [-0.39, 0.29) is 55.1 Å². The smallest absolute Gasteiger partial charge is 0 e. The molecule has 0 aliphatic carbocycles. The minimum absolute atomic E-state index is 0. The second-order valence-corrected chi connectivity index (χ2v) is 3.97. The van der Waals surface area contributed by atoms with Gasteiger partial charge in [-0.1, -0.05) is 6.92 Å². The second kappa shape index (κ2) is 26.0. The number of hydrogen-bond acceptors (Lipinski definition) is 1. The molecular weight excluding hydrogens is 426 g/mol. The average molecular weight is 454 g/mol. The molecule has 0 heterocycles. The molecule has 0 saturated carbocycles. The maximum Gasteiger partial charge on any atom is 0 e. The van der Waals surface area contributed by atoms with Crippen LogP contribution >= 0.6 is 34.7 Å². The van der Waals surface area contributed by atoms with Gasteiger partial charge < -0.3 is 11.8 Å². The molecule has 0 fully saturated rings. The molecule has 5 heteroatoms. The van der Waals surface area contributed by atoms with Crippen LogP contribution in [0.1, 0.15) is 6.92 Å². The molecule has 0 N–H and O–H groups in total. The van der Waals surface area contributed by atoms with Gasteiger partial charge >= 0.3 is 0 Å². The predicted molar refractivity (Wildman–Crippen MR) is 105 cm³/mol. The van der Waals surface area contributed by atoms with Gasteiger partial charge in [-0.25, -0.2) is 0 Å². The van der Waals surface area contributed by atoms with E-state index in [4.69, 9.17) is 0 Å². The molecule has 0 aliphatic rings. The fourth-order valence-corrected chi connectivity index (χ4v) is 0.684. The van der Waals surface area contributed by atoms with E-state index >= 15 is 0 Å². The molecule has 132 valence electrons. The van der Waals surface area contributed by atoms with Crippen molar-refractivity contribution in [2.75, 3.05) is 14.1 Å². The van der Waals surface area contributed by atoms with E-state index in [1.165, 1.54) is 0 Å². The molecule has 22 heavy (non-hydrogen) atoms. The number of nitrogens with zero attached hydrogens (tertiary/aromatic N) is 1. The Morgan fingerprint density at radius 1 is 0.773 bits per heavy atom. The zero-order valence-electron chi connectivity index (χ0n) is 13.3. The van der Waals surface area contributed by atoms with Crippen LogP contribution in [0.4, 0.5) is 0 Å². The van der Waals surface area contributed by atoms with Gasteiger partial charge in [0.2, 0.25) is 0 Å². The number of hydrogen-bond donors (Lipinski definition) is 0. The molecular formula is C17H27Cl2NPPd-3. The first-order valence-electron chi connectivity index (χ1n) is 5.96. The van der Waals surface area contributed by atoms with Crippen LogP contribution in [0, 0.1) is 19.1 Å². The van der Waals surface area contributed by atoms with Crippen molar-refractivity contribution in [1.29, 1.82) is 0 Å². The van der Waals surface area contributed by atoms with Crippen molar-refractivity contribution in [3.63, 3.8) is 0 Å². The molecule has 0 spiro atoms. The Bertz CT molecular complexity index is 271. The largest absolute Gasteiger partial charge is 0.336 e. The fraction of sp³-hybridized carbons (Fsp3) is 0.235. The van der Waals surface area contributed by atoms with Gasteiger partial charge in [-0.2, -0.15) is 82.7 Å². The van der Waals surface area contributed by atoms with Crippen LogP contribution in [0.3, 0.4) is 0 Å². The molecule has 0 bridgehead atoms. The van der Waals surface area contributed by atoms with E-state index in [1.807, 2.05) is 74.8 Å². The zero-order chi connectivity index (χ0) is 13.6. The summed E-state index contributed by atoms with van der Waals surface area (Å²) in [6.07, 6.45) is 0. The maximum atomic E-state index is 3.76. The number of halogens is 2. The molecule has 0 amide bonds. The molecule has 0 aromatic heterocycles. The Kier molecular flexibility index (Phi) is 39.7. The summed E-state index contributed by atoms with van der Waals surface area (Å²) >= 11 is 0. The van der Waals surface area contributed by atoms with Gasteiger partial charge in [-0.05, 0) is 14.1 Å². The van der Waals surface area contributed by atoms with Gasteiger partial charge in [0.05, 0.1) is 0 Å². The summed E-state index contributed by atoms with van der Waals surface area (Å²) in [4.78, 5) is 2.06. The molecule has 1 nitrogen and oxygen atoms in total. The van der Waals surface area contributed by atoms with Crippen LogP contribution in [-0.4, -0.2) is 25.0 Å². The van der Waals surface area contributed by atoms with Gasteiger partial charge in [-0.3, -0.25) is 0 Å². The molecule has 2 aromatic carbocycles. The van der Waals surface area contributed by atoms with Crippen LogP contribution in [0.2, 0.25) is 0 Å². The standard InChI is InChI=1S/2C6H5.C5H12N.2ClH.H3P.Pd/c2*1-2-4-6-5-3-1;1-5(2)6(3)4;;;;/h2*1-5H;5H,1H2,2-4H3;2*1H;1H3;/q3*-1;;;;. The number of benzene rings is 2. The monoisotopic (exact) mass is 452 g/mol. The zero-order valence-corrected chi connectivity index (χ0v) is 17.9. The van der Waals surface area contributed by atoms with Crippen LogP contribution in [0.5, 0.6) is 0 Å². The summed E-state index contributed by atoms with van der Waals surface area (Å²) < 4.78 is 0. The first kappa shape index (κ1) is 33.6. The van der Waals surface area contributed by atoms with Crippen molar-refractivity contribution >= 4 is 34.7 Å². The Morgan fingerprint density at radius 2 is 1.00 bits per heavy atom. The SMILES string of the molecule is Cl.Cl.P.[CH2-]C(C)N(C)C.[Pd].[c-]1ccccc1.[c-]1ccccc1. The van der Waals surface area contributed by atoms with E-state index in [0.29, 0.717) is 6.04 Å². The Labute approximate surface area is 166 Å². The maximum absolute atomic E-state index is 3.76. The second-order valence-electron chi connectivity index (χ2n) is 3.97. The summed E-state index contributed by atoms with van der Waals surface area (Å²) in [6.45, 7) is 5.82. The van der Waals surface area contributed by atoms with E-state index in [0.717, 1.165) is 0 Å². The molecule has 0 radical (unpaired) electrons. The van der Waals surface area contributed by atoms with E-state index in [9.17, 15) is 0 Å². The van der Waals surface area contributed by atoms with Crippen molar-refractivity contribution in [3.8, 4) is 0 Å². The Morgan fingerprint density at radius 3 is 1.05 bits per heavy atom. The summed E-state index contributed by atoms with van der Waals surface area (Å²) in [6, 6.07) is 25.4. The quantitative estimate of drug-likeness (QED) is 0.345. The van der Waals surface area contributed by atoms with Gasteiger partial charge in [0.15, 0.2) is 0 Å². The van der Waals surface area contributed by atoms with Crippen molar-refractivity contribution in [2.24, 2.45) is 0 Å². The van der Waals surface area contributed by atoms with E-state index in [2.05, 4.69) is 30.9 Å². The molecule has 0 saturated heterocycles. The summed E-state index contributed by atoms with van der Waals surface area (Å²) in [5.41, 5.74) is 0. The topological polar surface area (TPSA) is 3.24 Å². The summed E-state index contributed by atoms with van der Waals surface area (Å²) in [7, 11) is 4.02. The van der Waals surface area contributed by atoms with Crippen molar-refractivity contribution in [1.82, 2.24) is 4.90 Å². The first-order valence-corrected chi connectivity index (χ1v) is 5.96. The normalized spacial score (nSPS) is 8.59. The molecule has 2 rings (SSSR count). The predicted octanol–water partition coefficient (Wildman–Crippen LogP) is 4.64. The third-order valence-corrected chi connectivity index (χ3v) is 2.10. The minimum Gasteiger partial charge on any atom is -0.336 e. The Balaban J connectivity index is -0.0000000602. The average Bonchev–Trinajstić information content (AvgIpc) is 2.44. The molecule has 2 atom stereocenters. The van der Waals surface area contributed by atoms with Crippen LogP contribution < -0.4 is 0 Å². The third-order valence-electron chi connectivity index (χ3n) is 2.10. The Hall–Kier alpha value is 0.0723. The van der Waals surface area contributed by atoms with Gasteiger partial charge in [-0.15, -0.1) is 30.9 Å². The van der Waals surface area contributed by atoms with E-state index in [1.54, 1.807) is 0 Å². The third kappa shape index (κ3) is 28.3. The molecule has 0 aliphatic heterocycles. The first-order chi connectivity index (χ1) is 8.64. The van der Waals surface area contributed by atoms with Crippen molar-refractivity contribution < 1.29 is 20.4 Å². The van der Waals surface area contributed by atoms with Crippen LogP contribution in [-0.2, 0) is 20.4 Å². The fourth-order valence-electron chi connectivity index (χ4n) is 0.684. The van der Waals surface area contributed by atoms with Crippen molar-refractivity contribution in [2.45, 2.75) is 13.0 Å². The van der Waals surface area contributed by atoms with Gasteiger partial charge in [0.1, 0.15) is 0 Å². The molecule has 2 aromatic rings. The summed E-state index contributed by atoms with van der Waals surface area (Å²) in [5, 5.41) is 0. The van der Waals surface area contributed by atoms with E-state index < -0.39 is 0 Å².